The Hall–Kier alpha value is -2.83. The molecule has 0 aliphatic rings. The van der Waals surface area contributed by atoms with E-state index >= 15 is 0 Å². The van der Waals surface area contributed by atoms with Gasteiger partial charge in [-0.3, -0.25) is 4.79 Å². The maximum atomic E-state index is 12.0. The van der Waals surface area contributed by atoms with E-state index in [1.54, 1.807) is 26.5 Å². The molecule has 2 aromatic rings. The summed E-state index contributed by atoms with van der Waals surface area (Å²) < 4.78 is 10.5. The molecule has 0 saturated carbocycles. The molecule has 24 heavy (non-hydrogen) atoms. The molecule has 0 spiro atoms. The van der Waals surface area contributed by atoms with Crippen LogP contribution in [0.1, 0.15) is 29.9 Å². The number of ether oxygens (including phenoxy) is 2. The molecule has 0 saturated heterocycles. The highest BCUT2D eigenvalue weighted by molar-refractivity contribution is 5.92. The first kappa shape index (κ1) is 17.5. The van der Waals surface area contributed by atoms with Crippen LogP contribution in [0.25, 0.3) is 0 Å². The number of aromatic nitrogens is 2. The second-order valence-electron chi connectivity index (χ2n) is 5.44. The highest BCUT2D eigenvalue weighted by Crippen LogP contribution is 2.27. The number of anilines is 1. The lowest BCUT2D eigenvalue weighted by molar-refractivity contribution is 0.0938. The van der Waals surface area contributed by atoms with Crippen molar-refractivity contribution in [1.82, 2.24) is 15.3 Å². The molecule has 2 rings (SSSR count). The monoisotopic (exact) mass is 330 g/mol. The lowest BCUT2D eigenvalue weighted by Gasteiger charge is -2.11. The summed E-state index contributed by atoms with van der Waals surface area (Å²) in [7, 11) is 3.19. The largest absolute Gasteiger partial charge is 0.493 e. The molecule has 0 aliphatic carbocycles. The third-order valence-corrected chi connectivity index (χ3v) is 3.21. The summed E-state index contributed by atoms with van der Waals surface area (Å²) in [4.78, 5) is 20.3. The van der Waals surface area contributed by atoms with Gasteiger partial charge in [0.15, 0.2) is 11.5 Å². The zero-order valence-corrected chi connectivity index (χ0v) is 14.3. The van der Waals surface area contributed by atoms with Gasteiger partial charge in [0.2, 0.25) is 5.95 Å². The zero-order chi connectivity index (χ0) is 17.5. The molecule has 2 N–H and O–H groups in total. The van der Waals surface area contributed by atoms with Gasteiger partial charge >= 0.3 is 0 Å². The van der Waals surface area contributed by atoms with E-state index < -0.39 is 0 Å². The molecule has 0 unspecified atom stereocenters. The van der Waals surface area contributed by atoms with Crippen LogP contribution in [0.2, 0.25) is 0 Å². The van der Waals surface area contributed by atoms with E-state index in [4.69, 9.17) is 9.47 Å². The van der Waals surface area contributed by atoms with E-state index in [0.29, 0.717) is 29.7 Å². The van der Waals surface area contributed by atoms with Crippen LogP contribution in [-0.2, 0) is 6.54 Å². The van der Waals surface area contributed by atoms with Crippen molar-refractivity contribution in [3.05, 3.63) is 41.7 Å². The fourth-order valence-corrected chi connectivity index (χ4v) is 2.08. The normalized spacial score (nSPS) is 10.4. The lowest BCUT2D eigenvalue weighted by atomic mass is 10.2. The van der Waals surface area contributed by atoms with Crippen LogP contribution in [0.4, 0.5) is 5.95 Å². The molecule has 7 nitrogen and oxygen atoms in total. The van der Waals surface area contributed by atoms with Gasteiger partial charge in [0.1, 0.15) is 5.69 Å². The molecule has 0 atom stereocenters. The molecular weight excluding hydrogens is 308 g/mol. The molecule has 0 fully saturated rings. The van der Waals surface area contributed by atoms with Crippen LogP contribution in [0.3, 0.4) is 0 Å². The molecule has 1 aromatic heterocycles. The number of nitrogens with zero attached hydrogens (tertiary/aromatic N) is 2. The standard InChI is InChI=1S/C17H22N4O3/c1-11(2)20-16(22)13-7-8-18-17(21-13)19-10-12-5-6-14(23-3)15(9-12)24-4/h5-9,11H,10H2,1-4H3,(H,20,22)(H,18,19,21). The second kappa shape index (κ2) is 8.14. The number of rotatable bonds is 7. The van der Waals surface area contributed by atoms with Crippen molar-refractivity contribution in [3.8, 4) is 11.5 Å². The molecule has 128 valence electrons. The van der Waals surface area contributed by atoms with Gasteiger partial charge in [-0.15, -0.1) is 0 Å². The number of hydrogen-bond acceptors (Lipinski definition) is 6. The third kappa shape index (κ3) is 4.58. The molecule has 1 aromatic carbocycles. The van der Waals surface area contributed by atoms with E-state index in [9.17, 15) is 4.79 Å². The predicted molar refractivity (Wildman–Crippen MR) is 91.5 cm³/mol. The Balaban J connectivity index is 2.05. The van der Waals surface area contributed by atoms with Crippen molar-refractivity contribution in [2.75, 3.05) is 19.5 Å². The van der Waals surface area contributed by atoms with Crippen LogP contribution < -0.4 is 20.1 Å². The van der Waals surface area contributed by atoms with Crippen LogP contribution in [-0.4, -0.2) is 36.1 Å². The number of methoxy groups -OCH3 is 2. The summed E-state index contributed by atoms with van der Waals surface area (Å²) in [6.07, 6.45) is 1.55. The van der Waals surface area contributed by atoms with E-state index in [2.05, 4.69) is 20.6 Å². The third-order valence-electron chi connectivity index (χ3n) is 3.21. The van der Waals surface area contributed by atoms with Gasteiger partial charge in [-0.05, 0) is 37.6 Å². The van der Waals surface area contributed by atoms with E-state index in [1.165, 1.54) is 0 Å². The SMILES string of the molecule is COc1ccc(CNc2nccc(C(=O)NC(C)C)n2)cc1OC. The molecule has 0 radical (unpaired) electrons. The van der Waals surface area contributed by atoms with Gasteiger partial charge in [-0.1, -0.05) is 6.07 Å². The average molecular weight is 330 g/mol. The van der Waals surface area contributed by atoms with Crippen LogP contribution in [0, 0.1) is 0 Å². The van der Waals surface area contributed by atoms with Crippen LogP contribution in [0.5, 0.6) is 11.5 Å². The van der Waals surface area contributed by atoms with Crippen molar-refractivity contribution < 1.29 is 14.3 Å². The smallest absolute Gasteiger partial charge is 0.270 e. The molecule has 7 heteroatoms. The van der Waals surface area contributed by atoms with Gasteiger partial charge < -0.3 is 20.1 Å². The topological polar surface area (TPSA) is 85.4 Å². The Bertz CT molecular complexity index is 704. The van der Waals surface area contributed by atoms with Crippen molar-refractivity contribution in [1.29, 1.82) is 0 Å². The van der Waals surface area contributed by atoms with Gasteiger partial charge in [-0.25, -0.2) is 9.97 Å². The average Bonchev–Trinajstić information content (AvgIpc) is 2.59. The van der Waals surface area contributed by atoms with Gasteiger partial charge in [-0.2, -0.15) is 0 Å². The number of amides is 1. The first-order chi connectivity index (χ1) is 11.5. The number of carbonyl (C=O) groups is 1. The fourth-order valence-electron chi connectivity index (χ4n) is 2.08. The summed E-state index contributed by atoms with van der Waals surface area (Å²) in [5, 5.41) is 5.90. The van der Waals surface area contributed by atoms with Crippen LogP contribution >= 0.6 is 0 Å². The Labute approximate surface area is 141 Å². The van der Waals surface area contributed by atoms with Gasteiger partial charge in [0.05, 0.1) is 14.2 Å². The minimum Gasteiger partial charge on any atom is -0.493 e. The molecular formula is C17H22N4O3. The highest BCUT2D eigenvalue weighted by Gasteiger charge is 2.10. The zero-order valence-electron chi connectivity index (χ0n) is 14.3. The number of benzene rings is 1. The second-order valence-corrected chi connectivity index (χ2v) is 5.44. The summed E-state index contributed by atoms with van der Waals surface area (Å²) >= 11 is 0. The maximum Gasteiger partial charge on any atom is 0.270 e. The number of nitrogens with one attached hydrogen (secondary N) is 2. The first-order valence-electron chi connectivity index (χ1n) is 7.62. The Morgan fingerprint density at radius 3 is 2.58 bits per heavy atom. The molecule has 0 bridgehead atoms. The minimum absolute atomic E-state index is 0.0515. The van der Waals surface area contributed by atoms with Crippen molar-refractivity contribution in [2.24, 2.45) is 0 Å². The van der Waals surface area contributed by atoms with Crippen molar-refractivity contribution >= 4 is 11.9 Å². The molecule has 0 aliphatic heterocycles. The predicted octanol–water partition coefficient (Wildman–Crippen LogP) is 2.24. The Kier molecular flexibility index (Phi) is 5.95. The highest BCUT2D eigenvalue weighted by atomic mass is 16.5. The molecule has 1 amide bonds. The van der Waals surface area contributed by atoms with Gasteiger partial charge in [0.25, 0.3) is 5.91 Å². The number of hydrogen-bond donors (Lipinski definition) is 2. The van der Waals surface area contributed by atoms with Gasteiger partial charge in [0, 0.05) is 18.8 Å². The summed E-state index contributed by atoms with van der Waals surface area (Å²) in [6.45, 7) is 4.29. The fraction of sp³-hybridized carbons (Fsp3) is 0.353. The Morgan fingerprint density at radius 1 is 1.17 bits per heavy atom. The number of carbonyl (C=O) groups excluding carboxylic acids is 1. The van der Waals surface area contributed by atoms with Crippen molar-refractivity contribution in [3.63, 3.8) is 0 Å². The molecule has 1 heterocycles. The van der Waals surface area contributed by atoms with E-state index in [0.717, 1.165) is 5.56 Å². The minimum atomic E-state index is -0.221. The maximum absolute atomic E-state index is 12.0. The van der Waals surface area contributed by atoms with E-state index in [1.807, 2.05) is 32.0 Å². The van der Waals surface area contributed by atoms with Crippen LogP contribution in [0.15, 0.2) is 30.5 Å². The summed E-state index contributed by atoms with van der Waals surface area (Å²) in [5.41, 5.74) is 1.31. The quantitative estimate of drug-likeness (QED) is 0.810. The lowest BCUT2D eigenvalue weighted by Crippen LogP contribution is -2.30. The van der Waals surface area contributed by atoms with E-state index in [-0.39, 0.29) is 11.9 Å². The summed E-state index contributed by atoms with van der Waals surface area (Å²) in [6, 6.07) is 7.27. The first-order valence-corrected chi connectivity index (χ1v) is 7.62. The van der Waals surface area contributed by atoms with Crippen molar-refractivity contribution in [2.45, 2.75) is 26.4 Å². The summed E-state index contributed by atoms with van der Waals surface area (Å²) in [5.74, 6) is 1.50. The Morgan fingerprint density at radius 2 is 1.92 bits per heavy atom.